The normalized spacial score (nSPS) is 13.5. The molecule has 0 aliphatic carbocycles. The van der Waals surface area contributed by atoms with Crippen LogP contribution in [0.1, 0.15) is 19.4 Å². The smallest absolute Gasteiger partial charge is 0.123 e. The highest BCUT2D eigenvalue weighted by Gasteiger charge is 2.26. The van der Waals surface area contributed by atoms with E-state index in [1.165, 1.54) is 0 Å². The third-order valence-electron chi connectivity index (χ3n) is 2.99. The molecule has 0 radical (unpaired) electrons. The highest BCUT2D eigenvalue weighted by molar-refractivity contribution is 6.30. The Hall–Kier alpha value is -0.770. The first-order chi connectivity index (χ1) is 7.86. The van der Waals surface area contributed by atoms with E-state index < -0.39 is 5.60 Å². The molecule has 0 spiro atoms. The van der Waals surface area contributed by atoms with Crippen LogP contribution in [0.4, 0.5) is 0 Å². The molecule has 0 amide bonds. The first-order valence-electron chi connectivity index (χ1n) is 5.56. The predicted octanol–water partition coefficient (Wildman–Crippen LogP) is 2.78. The van der Waals surface area contributed by atoms with E-state index in [0.29, 0.717) is 11.6 Å². The van der Waals surface area contributed by atoms with Gasteiger partial charge in [-0.05, 0) is 38.5 Å². The fourth-order valence-corrected chi connectivity index (χ4v) is 1.42. The molecule has 0 aliphatic heterocycles. The lowest BCUT2D eigenvalue weighted by Crippen LogP contribution is -2.48. The number of halogens is 1. The molecule has 1 rings (SSSR count). The molecule has 0 aliphatic rings. The summed E-state index contributed by atoms with van der Waals surface area (Å²) < 4.78 is 11.0. The third kappa shape index (κ3) is 3.87. The SMILES string of the molecule is COC(C)(C)C(N)COc1cc(Cl)ccc1C. The average Bonchev–Trinajstić information content (AvgIpc) is 2.29. The Morgan fingerprint density at radius 2 is 2.06 bits per heavy atom. The van der Waals surface area contributed by atoms with Crippen LogP contribution in [0.3, 0.4) is 0 Å². The maximum Gasteiger partial charge on any atom is 0.123 e. The van der Waals surface area contributed by atoms with Crippen LogP contribution < -0.4 is 10.5 Å². The van der Waals surface area contributed by atoms with Gasteiger partial charge in [0.05, 0.1) is 11.6 Å². The van der Waals surface area contributed by atoms with Crippen molar-refractivity contribution in [3.05, 3.63) is 28.8 Å². The molecule has 17 heavy (non-hydrogen) atoms. The summed E-state index contributed by atoms with van der Waals surface area (Å²) in [7, 11) is 1.64. The molecule has 1 aromatic rings. The van der Waals surface area contributed by atoms with E-state index >= 15 is 0 Å². The van der Waals surface area contributed by atoms with E-state index in [9.17, 15) is 0 Å². The molecule has 4 heteroatoms. The molecule has 0 saturated heterocycles. The number of benzene rings is 1. The van der Waals surface area contributed by atoms with Crippen LogP contribution in [0.25, 0.3) is 0 Å². The summed E-state index contributed by atoms with van der Waals surface area (Å²) in [5, 5.41) is 0.658. The van der Waals surface area contributed by atoms with Gasteiger partial charge in [-0.25, -0.2) is 0 Å². The van der Waals surface area contributed by atoms with Crippen molar-refractivity contribution in [2.24, 2.45) is 5.73 Å². The first-order valence-corrected chi connectivity index (χ1v) is 5.94. The zero-order valence-electron chi connectivity index (χ0n) is 10.8. The summed E-state index contributed by atoms with van der Waals surface area (Å²) in [6.45, 7) is 6.23. The van der Waals surface area contributed by atoms with Crippen LogP contribution in [0.2, 0.25) is 5.02 Å². The van der Waals surface area contributed by atoms with Crippen molar-refractivity contribution in [2.45, 2.75) is 32.4 Å². The van der Waals surface area contributed by atoms with Crippen LogP contribution >= 0.6 is 11.6 Å². The van der Waals surface area contributed by atoms with E-state index in [2.05, 4.69) is 0 Å². The van der Waals surface area contributed by atoms with E-state index in [1.54, 1.807) is 13.2 Å². The van der Waals surface area contributed by atoms with Gasteiger partial charge < -0.3 is 15.2 Å². The number of hydrogen-bond acceptors (Lipinski definition) is 3. The van der Waals surface area contributed by atoms with Crippen molar-refractivity contribution >= 4 is 11.6 Å². The van der Waals surface area contributed by atoms with Crippen LogP contribution in [0.5, 0.6) is 5.75 Å². The predicted molar refractivity (Wildman–Crippen MR) is 70.7 cm³/mol. The number of nitrogens with two attached hydrogens (primary N) is 1. The lowest BCUT2D eigenvalue weighted by atomic mass is 10.0. The van der Waals surface area contributed by atoms with Crippen molar-refractivity contribution < 1.29 is 9.47 Å². The van der Waals surface area contributed by atoms with Crippen molar-refractivity contribution in [3.8, 4) is 5.75 Å². The fourth-order valence-electron chi connectivity index (χ4n) is 1.26. The number of rotatable bonds is 5. The Morgan fingerprint density at radius 1 is 1.41 bits per heavy atom. The minimum absolute atomic E-state index is 0.203. The summed E-state index contributed by atoms with van der Waals surface area (Å²) >= 11 is 5.91. The molecule has 0 fully saturated rings. The molecular weight excluding hydrogens is 238 g/mol. The van der Waals surface area contributed by atoms with E-state index in [1.807, 2.05) is 32.9 Å². The molecule has 0 aromatic heterocycles. The summed E-state index contributed by atoms with van der Waals surface area (Å²) in [6, 6.07) is 5.35. The van der Waals surface area contributed by atoms with E-state index in [4.69, 9.17) is 26.8 Å². The lowest BCUT2D eigenvalue weighted by molar-refractivity contribution is -0.0110. The van der Waals surface area contributed by atoms with Gasteiger partial charge in [-0.1, -0.05) is 17.7 Å². The van der Waals surface area contributed by atoms with Crippen molar-refractivity contribution in [1.29, 1.82) is 0 Å². The molecule has 0 heterocycles. The number of aryl methyl sites for hydroxylation is 1. The minimum atomic E-state index is -0.410. The van der Waals surface area contributed by atoms with Gasteiger partial charge in [-0.2, -0.15) is 0 Å². The Bertz CT molecular complexity index is 380. The Kier molecular flexibility index (Phi) is 4.80. The van der Waals surface area contributed by atoms with Gasteiger partial charge in [0, 0.05) is 12.1 Å². The van der Waals surface area contributed by atoms with Crippen LogP contribution in [0.15, 0.2) is 18.2 Å². The van der Waals surface area contributed by atoms with Gasteiger partial charge >= 0.3 is 0 Å². The second-order valence-electron chi connectivity index (χ2n) is 4.63. The highest BCUT2D eigenvalue weighted by Crippen LogP contribution is 2.23. The standard InChI is InChI=1S/C13H20ClNO2/c1-9-5-6-10(14)7-11(9)17-8-12(15)13(2,3)16-4/h5-7,12H,8,15H2,1-4H3. The maximum atomic E-state index is 6.01. The Balaban J connectivity index is 2.64. The van der Waals surface area contributed by atoms with Gasteiger partial charge in [0.25, 0.3) is 0 Å². The molecule has 2 N–H and O–H groups in total. The second-order valence-corrected chi connectivity index (χ2v) is 5.07. The maximum absolute atomic E-state index is 6.01. The molecule has 0 saturated carbocycles. The summed E-state index contributed by atoms with van der Waals surface area (Å²) in [5.74, 6) is 0.764. The van der Waals surface area contributed by atoms with Crippen molar-refractivity contribution in [2.75, 3.05) is 13.7 Å². The second kappa shape index (κ2) is 5.71. The number of methoxy groups -OCH3 is 1. The van der Waals surface area contributed by atoms with Gasteiger partial charge in [0.15, 0.2) is 0 Å². The fraction of sp³-hybridized carbons (Fsp3) is 0.538. The minimum Gasteiger partial charge on any atom is -0.492 e. The highest BCUT2D eigenvalue weighted by atomic mass is 35.5. The summed E-state index contributed by atoms with van der Waals surface area (Å²) in [4.78, 5) is 0. The molecule has 1 atom stereocenters. The monoisotopic (exact) mass is 257 g/mol. The van der Waals surface area contributed by atoms with Gasteiger partial charge in [-0.3, -0.25) is 0 Å². The largest absolute Gasteiger partial charge is 0.492 e. The average molecular weight is 258 g/mol. The van der Waals surface area contributed by atoms with Crippen molar-refractivity contribution in [3.63, 3.8) is 0 Å². The Labute approximate surface area is 108 Å². The van der Waals surface area contributed by atoms with E-state index in [-0.39, 0.29) is 6.04 Å². The van der Waals surface area contributed by atoms with Crippen LogP contribution in [-0.4, -0.2) is 25.4 Å². The van der Waals surface area contributed by atoms with Gasteiger partial charge in [-0.15, -0.1) is 0 Å². The lowest BCUT2D eigenvalue weighted by Gasteiger charge is -2.30. The summed E-state index contributed by atoms with van der Waals surface area (Å²) in [5.41, 5.74) is 6.64. The molecule has 0 bridgehead atoms. The number of hydrogen-bond donors (Lipinski definition) is 1. The van der Waals surface area contributed by atoms with Gasteiger partial charge in [0.2, 0.25) is 0 Å². The third-order valence-corrected chi connectivity index (χ3v) is 3.22. The zero-order chi connectivity index (χ0) is 13.1. The number of ether oxygens (including phenoxy) is 2. The molecule has 3 nitrogen and oxygen atoms in total. The van der Waals surface area contributed by atoms with Crippen LogP contribution in [0, 0.1) is 6.92 Å². The van der Waals surface area contributed by atoms with Crippen molar-refractivity contribution in [1.82, 2.24) is 0 Å². The quantitative estimate of drug-likeness (QED) is 0.882. The van der Waals surface area contributed by atoms with Crippen LogP contribution in [-0.2, 0) is 4.74 Å². The van der Waals surface area contributed by atoms with Gasteiger partial charge in [0.1, 0.15) is 12.4 Å². The summed E-state index contributed by atoms with van der Waals surface area (Å²) in [6.07, 6.45) is 0. The molecule has 96 valence electrons. The first kappa shape index (κ1) is 14.3. The molecular formula is C13H20ClNO2. The molecule has 1 unspecified atom stereocenters. The Morgan fingerprint density at radius 3 is 2.65 bits per heavy atom. The topological polar surface area (TPSA) is 44.5 Å². The molecule has 1 aromatic carbocycles. The van der Waals surface area contributed by atoms with E-state index in [0.717, 1.165) is 11.3 Å². The zero-order valence-corrected chi connectivity index (χ0v) is 11.5.